The van der Waals surface area contributed by atoms with Crippen molar-refractivity contribution in [2.24, 2.45) is 0 Å². The number of nitrogens with one attached hydrogen (secondary N) is 3. The third-order valence-electron chi connectivity index (χ3n) is 12.2. The number of benzene rings is 4. The van der Waals surface area contributed by atoms with E-state index in [1.165, 1.54) is 22.2 Å². The van der Waals surface area contributed by atoms with Crippen LogP contribution in [0, 0.1) is 13.8 Å². The Balaban J connectivity index is 0.000000159. The average molecular weight is 825 g/mol. The predicted molar refractivity (Wildman–Crippen MR) is 251 cm³/mol. The number of fused-ring (bicyclic) bond motifs is 3. The Hall–Kier alpha value is -7.15. The van der Waals surface area contributed by atoms with Gasteiger partial charge in [-0.3, -0.25) is 24.7 Å². The highest BCUT2D eigenvalue weighted by atomic mass is 16.2. The molecule has 4 aromatic carbocycles. The van der Waals surface area contributed by atoms with Crippen molar-refractivity contribution in [1.29, 1.82) is 0 Å². The summed E-state index contributed by atoms with van der Waals surface area (Å²) in [6.07, 6.45) is 14.4. The standard InChI is InChI=1S/C25H23N7.C24H29N5O/c1-16-13-29-22-3-2-17(10-20(16)22)21-11-19(12-23-25(21)28-8-7-27-23)31-18-5-9-32(14-18)24-4-6-26-15-30-24;1-5-28(4)23-12-18(7-6-16(23)2)21-13-20(14-22-24(21)26-10-9-25-22)27-19-8-11-29(15-19)17(3)30/h2-4,6-8,10-13,15,18,29,31H,5,9,14H2,1H3;6-7,9-10,12-14,19,27H,5,8,11,15H2,1-4H3/t18-;19-/m00/s1. The van der Waals surface area contributed by atoms with Crippen LogP contribution in [0.4, 0.5) is 22.9 Å². The molecule has 10 rings (SSSR count). The van der Waals surface area contributed by atoms with Gasteiger partial charge in [-0.1, -0.05) is 18.2 Å². The number of aromatic nitrogens is 7. The van der Waals surface area contributed by atoms with Gasteiger partial charge in [-0.15, -0.1) is 0 Å². The second kappa shape index (κ2) is 17.4. The summed E-state index contributed by atoms with van der Waals surface area (Å²) in [7, 11) is 2.11. The molecular formula is C49H52N12O. The second-order valence-corrected chi connectivity index (χ2v) is 16.4. The van der Waals surface area contributed by atoms with Crippen molar-refractivity contribution in [3.05, 3.63) is 121 Å². The molecule has 62 heavy (non-hydrogen) atoms. The Morgan fingerprint density at radius 3 is 2.03 bits per heavy atom. The third kappa shape index (κ3) is 8.43. The summed E-state index contributed by atoms with van der Waals surface area (Å²) in [4.78, 5) is 48.3. The van der Waals surface area contributed by atoms with Crippen LogP contribution in [0.1, 0.15) is 37.8 Å². The number of hydrogen-bond acceptors (Lipinski definition) is 11. The van der Waals surface area contributed by atoms with Crippen LogP contribution in [0.25, 0.3) is 55.2 Å². The van der Waals surface area contributed by atoms with Gasteiger partial charge in [0.25, 0.3) is 0 Å². The molecule has 8 aromatic rings. The minimum absolute atomic E-state index is 0.136. The molecule has 1 amide bonds. The fourth-order valence-corrected chi connectivity index (χ4v) is 8.73. The first-order chi connectivity index (χ1) is 30.2. The summed E-state index contributed by atoms with van der Waals surface area (Å²) in [5.41, 5.74) is 14.9. The molecule has 4 aromatic heterocycles. The topological polar surface area (TPSA) is 144 Å². The normalized spacial score (nSPS) is 16.1. The predicted octanol–water partition coefficient (Wildman–Crippen LogP) is 8.66. The number of nitrogens with zero attached hydrogens (tertiary/aromatic N) is 9. The molecule has 13 heteroatoms. The first-order valence-electron chi connectivity index (χ1n) is 21.4. The van der Waals surface area contributed by atoms with Crippen molar-refractivity contribution in [1.82, 2.24) is 39.8 Å². The molecule has 0 bridgehead atoms. The van der Waals surface area contributed by atoms with Crippen LogP contribution >= 0.6 is 0 Å². The highest BCUT2D eigenvalue weighted by Crippen LogP contribution is 2.35. The van der Waals surface area contributed by atoms with E-state index in [2.05, 4.69) is 144 Å². The van der Waals surface area contributed by atoms with Gasteiger partial charge < -0.3 is 30.3 Å². The van der Waals surface area contributed by atoms with Crippen molar-refractivity contribution in [3.63, 3.8) is 0 Å². The number of aryl methyl sites for hydroxylation is 2. The average Bonchev–Trinajstić information content (AvgIpc) is 4.07. The molecule has 2 saturated heterocycles. The van der Waals surface area contributed by atoms with Crippen molar-refractivity contribution >= 4 is 61.8 Å². The van der Waals surface area contributed by atoms with Gasteiger partial charge in [0.1, 0.15) is 12.1 Å². The lowest BCUT2D eigenvalue weighted by Gasteiger charge is -2.21. The van der Waals surface area contributed by atoms with E-state index in [0.717, 1.165) is 113 Å². The van der Waals surface area contributed by atoms with E-state index in [-0.39, 0.29) is 11.9 Å². The maximum atomic E-state index is 11.7. The first kappa shape index (κ1) is 40.3. The maximum Gasteiger partial charge on any atom is 0.219 e. The largest absolute Gasteiger partial charge is 0.380 e. The monoisotopic (exact) mass is 824 g/mol. The van der Waals surface area contributed by atoms with Crippen molar-refractivity contribution in [2.45, 2.75) is 52.6 Å². The van der Waals surface area contributed by atoms with Gasteiger partial charge in [0.05, 0.1) is 22.1 Å². The lowest BCUT2D eigenvalue weighted by atomic mass is 9.99. The van der Waals surface area contributed by atoms with Gasteiger partial charge >= 0.3 is 0 Å². The molecule has 0 aliphatic carbocycles. The minimum atomic E-state index is 0.136. The van der Waals surface area contributed by atoms with Gasteiger partial charge in [0.15, 0.2) is 0 Å². The molecule has 0 saturated carbocycles. The van der Waals surface area contributed by atoms with Gasteiger partial charge in [-0.2, -0.15) is 0 Å². The molecule has 0 radical (unpaired) electrons. The van der Waals surface area contributed by atoms with Gasteiger partial charge in [-0.25, -0.2) is 9.97 Å². The number of amides is 1. The van der Waals surface area contributed by atoms with Crippen molar-refractivity contribution in [3.8, 4) is 22.3 Å². The molecule has 13 nitrogen and oxygen atoms in total. The van der Waals surface area contributed by atoms with Gasteiger partial charge in [0, 0.05) is 135 Å². The zero-order chi connectivity index (χ0) is 42.7. The summed E-state index contributed by atoms with van der Waals surface area (Å²) >= 11 is 0. The second-order valence-electron chi connectivity index (χ2n) is 16.4. The molecule has 2 aliphatic rings. The molecule has 2 fully saturated rings. The molecule has 3 N–H and O–H groups in total. The van der Waals surface area contributed by atoms with Crippen LogP contribution in [0.15, 0.2) is 110 Å². The number of anilines is 4. The zero-order valence-electron chi connectivity index (χ0n) is 35.9. The number of H-pyrrole nitrogens is 1. The SMILES string of the molecule is CCN(C)c1cc(-c2cc(N[C@H]3CCN(C(C)=O)C3)cc3nccnc23)ccc1C.Cc1c[nH]c2ccc(-c3cc(N[C@H]4CCN(c5ccncn5)C4)cc4nccnc34)cc12. The van der Waals surface area contributed by atoms with Gasteiger partial charge in [-0.05, 0) is 104 Å². The summed E-state index contributed by atoms with van der Waals surface area (Å²) in [6.45, 7) is 12.4. The van der Waals surface area contributed by atoms with Crippen LogP contribution in [0.5, 0.6) is 0 Å². The Bertz CT molecular complexity index is 2880. The first-order valence-corrected chi connectivity index (χ1v) is 21.4. The Morgan fingerprint density at radius 1 is 0.742 bits per heavy atom. The third-order valence-corrected chi connectivity index (χ3v) is 12.2. The zero-order valence-corrected chi connectivity index (χ0v) is 35.9. The van der Waals surface area contributed by atoms with Crippen LogP contribution in [0.3, 0.4) is 0 Å². The number of aromatic amines is 1. The number of rotatable bonds is 9. The van der Waals surface area contributed by atoms with Crippen LogP contribution < -0.4 is 20.4 Å². The Kier molecular flexibility index (Phi) is 11.3. The fourth-order valence-electron chi connectivity index (χ4n) is 8.73. The summed E-state index contributed by atoms with van der Waals surface area (Å²) < 4.78 is 0. The van der Waals surface area contributed by atoms with Crippen LogP contribution in [-0.4, -0.2) is 97.6 Å². The van der Waals surface area contributed by atoms with Gasteiger partial charge in [0.2, 0.25) is 5.91 Å². The van der Waals surface area contributed by atoms with Crippen molar-refractivity contribution in [2.75, 3.05) is 60.2 Å². The molecule has 314 valence electrons. The fraction of sp³-hybridized carbons (Fsp3) is 0.286. The number of hydrogen-bond donors (Lipinski definition) is 3. The smallest absolute Gasteiger partial charge is 0.219 e. The van der Waals surface area contributed by atoms with E-state index in [1.54, 1.807) is 44.2 Å². The van der Waals surface area contributed by atoms with E-state index in [4.69, 9.17) is 0 Å². The molecule has 2 atom stereocenters. The van der Waals surface area contributed by atoms with E-state index in [0.29, 0.717) is 6.04 Å². The van der Waals surface area contributed by atoms with Crippen LogP contribution in [-0.2, 0) is 4.79 Å². The number of carbonyl (C=O) groups is 1. The Morgan fingerprint density at radius 2 is 1.39 bits per heavy atom. The maximum absolute atomic E-state index is 11.7. The number of carbonyl (C=O) groups excluding carboxylic acids is 1. The summed E-state index contributed by atoms with van der Waals surface area (Å²) in [5, 5.41) is 8.57. The highest BCUT2D eigenvalue weighted by molar-refractivity contribution is 5.98. The summed E-state index contributed by atoms with van der Waals surface area (Å²) in [5.74, 6) is 1.11. The molecule has 0 unspecified atom stereocenters. The van der Waals surface area contributed by atoms with E-state index >= 15 is 0 Å². The molecule has 0 spiro atoms. The summed E-state index contributed by atoms with van der Waals surface area (Å²) in [6, 6.07) is 24.1. The molecular weight excluding hydrogens is 773 g/mol. The Labute approximate surface area is 361 Å². The lowest BCUT2D eigenvalue weighted by Crippen LogP contribution is -2.29. The van der Waals surface area contributed by atoms with E-state index in [9.17, 15) is 4.79 Å². The molecule has 2 aliphatic heterocycles. The minimum Gasteiger partial charge on any atom is -0.380 e. The quantitative estimate of drug-likeness (QED) is 0.129. The number of likely N-dealkylation sites (tertiary alicyclic amines) is 1. The van der Waals surface area contributed by atoms with Crippen LogP contribution in [0.2, 0.25) is 0 Å². The highest BCUT2D eigenvalue weighted by Gasteiger charge is 2.25. The lowest BCUT2D eigenvalue weighted by molar-refractivity contribution is -0.127. The van der Waals surface area contributed by atoms with E-state index in [1.807, 2.05) is 17.2 Å². The molecule has 6 heterocycles. The van der Waals surface area contributed by atoms with E-state index < -0.39 is 0 Å². The van der Waals surface area contributed by atoms with Crippen molar-refractivity contribution < 1.29 is 4.79 Å².